The van der Waals surface area contributed by atoms with E-state index in [2.05, 4.69) is 62.5 Å². The van der Waals surface area contributed by atoms with Crippen LogP contribution in [-0.4, -0.2) is 36.4 Å². The van der Waals surface area contributed by atoms with E-state index in [1.165, 1.54) is 128 Å². The van der Waals surface area contributed by atoms with Crippen molar-refractivity contribution in [1.29, 1.82) is 0 Å². The lowest BCUT2D eigenvalue weighted by atomic mass is 10.0. The Morgan fingerprint density at radius 3 is 1.19 bits per heavy atom. The van der Waals surface area contributed by atoms with Crippen LogP contribution in [-0.2, 0) is 19.1 Å². The standard InChI is InChI=1S/C47H84O5/c1-3-5-7-9-11-13-15-17-19-21-23-25-27-29-31-33-35-37-39-41-46(49)51-44-45(43-48)52-47(50)42-40-38-36-34-32-30-28-26-24-22-20-18-16-14-12-10-8-6-4-2/h12,14,18,20,24,26,30,32,45,48H,3-11,13,15-17,19,21-23,25,27-29,31,33-44H2,1-2H3/t45-/m0/s1. The van der Waals surface area contributed by atoms with Gasteiger partial charge in [0.1, 0.15) is 6.61 Å². The highest BCUT2D eigenvalue weighted by atomic mass is 16.6. The smallest absolute Gasteiger partial charge is 0.306 e. The quantitative estimate of drug-likeness (QED) is 0.0386. The molecule has 0 aliphatic rings. The predicted molar refractivity (Wildman–Crippen MR) is 224 cm³/mol. The van der Waals surface area contributed by atoms with Crippen molar-refractivity contribution in [2.45, 2.75) is 225 Å². The number of carbonyl (C=O) groups excluding carboxylic acids is 2. The molecule has 0 saturated carbocycles. The van der Waals surface area contributed by atoms with Gasteiger partial charge in [-0.25, -0.2) is 0 Å². The van der Waals surface area contributed by atoms with E-state index >= 15 is 0 Å². The van der Waals surface area contributed by atoms with Gasteiger partial charge in [0.15, 0.2) is 6.10 Å². The number of unbranched alkanes of at least 4 members (excludes halogenated alkanes) is 24. The van der Waals surface area contributed by atoms with Gasteiger partial charge >= 0.3 is 11.9 Å². The van der Waals surface area contributed by atoms with Crippen LogP contribution in [0.25, 0.3) is 0 Å². The van der Waals surface area contributed by atoms with Gasteiger partial charge in [0, 0.05) is 12.8 Å². The fourth-order valence-corrected chi connectivity index (χ4v) is 6.24. The number of esters is 2. The van der Waals surface area contributed by atoms with Gasteiger partial charge in [-0.05, 0) is 57.8 Å². The van der Waals surface area contributed by atoms with Crippen molar-refractivity contribution in [2.75, 3.05) is 13.2 Å². The normalized spacial score (nSPS) is 12.6. The van der Waals surface area contributed by atoms with Gasteiger partial charge in [-0.15, -0.1) is 0 Å². The van der Waals surface area contributed by atoms with Crippen LogP contribution in [0.15, 0.2) is 48.6 Å². The third-order valence-electron chi connectivity index (χ3n) is 9.63. The largest absolute Gasteiger partial charge is 0.462 e. The van der Waals surface area contributed by atoms with E-state index in [9.17, 15) is 14.7 Å². The Morgan fingerprint density at radius 1 is 0.442 bits per heavy atom. The summed E-state index contributed by atoms with van der Waals surface area (Å²) >= 11 is 0. The number of aliphatic hydroxyl groups excluding tert-OH is 1. The highest BCUT2D eigenvalue weighted by Crippen LogP contribution is 2.15. The molecule has 0 heterocycles. The molecule has 5 nitrogen and oxygen atoms in total. The van der Waals surface area contributed by atoms with Crippen LogP contribution in [0.1, 0.15) is 219 Å². The third-order valence-corrected chi connectivity index (χ3v) is 9.63. The molecule has 0 radical (unpaired) electrons. The highest BCUT2D eigenvalue weighted by Gasteiger charge is 2.16. The van der Waals surface area contributed by atoms with Crippen LogP contribution >= 0.6 is 0 Å². The van der Waals surface area contributed by atoms with Crippen LogP contribution in [0, 0.1) is 0 Å². The zero-order valence-corrected chi connectivity index (χ0v) is 34.3. The van der Waals surface area contributed by atoms with Crippen molar-refractivity contribution in [2.24, 2.45) is 0 Å². The SMILES string of the molecule is CCCCCC=CCC=CCC=CCC=CCCCCCC(=O)O[C@@H](CO)COC(=O)CCCCCCCCCCCCCCCCCCCCC. The number of carbonyl (C=O) groups is 2. The van der Waals surface area contributed by atoms with Crippen LogP contribution in [0.2, 0.25) is 0 Å². The fraction of sp³-hybridized carbons (Fsp3) is 0.787. The first kappa shape index (κ1) is 49.9. The van der Waals surface area contributed by atoms with Crippen LogP contribution in [0.4, 0.5) is 0 Å². The van der Waals surface area contributed by atoms with Crippen molar-refractivity contribution >= 4 is 11.9 Å². The number of hydrogen-bond donors (Lipinski definition) is 1. The summed E-state index contributed by atoms with van der Waals surface area (Å²) in [5, 5.41) is 9.58. The Kier molecular flexibility index (Phi) is 41.5. The van der Waals surface area contributed by atoms with Gasteiger partial charge < -0.3 is 14.6 Å². The molecule has 0 bridgehead atoms. The molecule has 0 saturated heterocycles. The lowest BCUT2D eigenvalue weighted by Gasteiger charge is -2.15. The summed E-state index contributed by atoms with van der Waals surface area (Å²) < 4.78 is 10.6. The molecule has 0 aliphatic carbocycles. The molecule has 52 heavy (non-hydrogen) atoms. The number of allylic oxidation sites excluding steroid dienone is 8. The minimum atomic E-state index is -0.787. The number of hydrogen-bond acceptors (Lipinski definition) is 5. The molecule has 0 aromatic carbocycles. The maximum Gasteiger partial charge on any atom is 0.306 e. The summed E-state index contributed by atoms with van der Waals surface area (Å²) in [7, 11) is 0. The van der Waals surface area contributed by atoms with Crippen molar-refractivity contribution in [3.8, 4) is 0 Å². The zero-order valence-electron chi connectivity index (χ0n) is 34.3. The van der Waals surface area contributed by atoms with Gasteiger partial charge in [0.25, 0.3) is 0 Å². The summed E-state index contributed by atoms with van der Waals surface area (Å²) in [4.78, 5) is 24.3. The first-order valence-electron chi connectivity index (χ1n) is 22.2. The Bertz CT molecular complexity index is 873. The molecule has 0 unspecified atom stereocenters. The van der Waals surface area contributed by atoms with Gasteiger partial charge in [0.2, 0.25) is 0 Å². The first-order valence-corrected chi connectivity index (χ1v) is 22.2. The molecule has 0 fully saturated rings. The zero-order chi connectivity index (χ0) is 37.8. The van der Waals surface area contributed by atoms with E-state index in [0.29, 0.717) is 12.8 Å². The monoisotopic (exact) mass is 729 g/mol. The van der Waals surface area contributed by atoms with Crippen molar-refractivity contribution in [1.82, 2.24) is 0 Å². The van der Waals surface area contributed by atoms with Gasteiger partial charge in [-0.2, -0.15) is 0 Å². The average Bonchev–Trinajstić information content (AvgIpc) is 3.15. The molecule has 0 amide bonds. The molecule has 1 N–H and O–H groups in total. The van der Waals surface area contributed by atoms with Crippen LogP contribution in [0.3, 0.4) is 0 Å². The summed E-state index contributed by atoms with van der Waals surface area (Å²) in [6.07, 6.45) is 54.7. The predicted octanol–water partition coefficient (Wildman–Crippen LogP) is 14.2. The molecule has 0 spiro atoms. The summed E-state index contributed by atoms with van der Waals surface area (Å²) in [5.41, 5.74) is 0. The Labute approximate surface area is 322 Å². The minimum absolute atomic E-state index is 0.0771. The van der Waals surface area contributed by atoms with Gasteiger partial charge in [0.05, 0.1) is 6.61 Å². The maximum atomic E-state index is 12.2. The second-order valence-electron chi connectivity index (χ2n) is 14.8. The summed E-state index contributed by atoms with van der Waals surface area (Å²) in [5.74, 6) is -0.620. The van der Waals surface area contributed by atoms with E-state index in [1.807, 2.05) is 0 Å². The molecular formula is C47H84O5. The van der Waals surface area contributed by atoms with E-state index in [-0.39, 0.29) is 25.2 Å². The molecule has 0 rings (SSSR count). The maximum absolute atomic E-state index is 12.2. The lowest BCUT2D eigenvalue weighted by molar-refractivity contribution is -0.161. The fourth-order valence-electron chi connectivity index (χ4n) is 6.24. The van der Waals surface area contributed by atoms with E-state index < -0.39 is 6.10 Å². The van der Waals surface area contributed by atoms with E-state index in [1.54, 1.807) is 0 Å². The van der Waals surface area contributed by atoms with Crippen molar-refractivity contribution in [3.05, 3.63) is 48.6 Å². The molecular weight excluding hydrogens is 645 g/mol. The summed E-state index contributed by atoms with van der Waals surface area (Å²) in [6.45, 7) is 4.10. The van der Waals surface area contributed by atoms with Gasteiger partial charge in [-0.1, -0.05) is 197 Å². The number of rotatable bonds is 40. The molecule has 0 aromatic rings. The van der Waals surface area contributed by atoms with Crippen LogP contribution in [0.5, 0.6) is 0 Å². The average molecular weight is 729 g/mol. The van der Waals surface area contributed by atoms with E-state index in [4.69, 9.17) is 9.47 Å². The van der Waals surface area contributed by atoms with Crippen molar-refractivity contribution in [3.63, 3.8) is 0 Å². The first-order chi connectivity index (χ1) is 25.6. The molecule has 5 heteroatoms. The lowest BCUT2D eigenvalue weighted by Crippen LogP contribution is -2.28. The molecule has 0 aromatic heterocycles. The molecule has 0 aliphatic heterocycles. The minimum Gasteiger partial charge on any atom is -0.462 e. The van der Waals surface area contributed by atoms with Crippen LogP contribution < -0.4 is 0 Å². The summed E-state index contributed by atoms with van der Waals surface area (Å²) in [6, 6.07) is 0. The molecule has 302 valence electrons. The Balaban J connectivity index is 3.58. The second kappa shape index (κ2) is 43.3. The number of ether oxygens (including phenoxy) is 2. The second-order valence-corrected chi connectivity index (χ2v) is 14.8. The molecule has 1 atom stereocenters. The topological polar surface area (TPSA) is 72.8 Å². The van der Waals surface area contributed by atoms with Crippen molar-refractivity contribution < 1.29 is 24.2 Å². The van der Waals surface area contributed by atoms with Gasteiger partial charge in [-0.3, -0.25) is 9.59 Å². The Hall–Kier alpha value is -2.14. The number of aliphatic hydroxyl groups is 1. The van der Waals surface area contributed by atoms with E-state index in [0.717, 1.165) is 64.2 Å². The highest BCUT2D eigenvalue weighted by molar-refractivity contribution is 5.70. The Morgan fingerprint density at radius 2 is 0.769 bits per heavy atom. The third kappa shape index (κ3) is 40.6.